The fourth-order valence-electron chi connectivity index (χ4n) is 1.59. The summed E-state index contributed by atoms with van der Waals surface area (Å²) in [6.07, 6.45) is 4.18. The summed E-state index contributed by atoms with van der Waals surface area (Å²) in [5.41, 5.74) is 2.09. The summed E-state index contributed by atoms with van der Waals surface area (Å²) in [7, 11) is 0. The van der Waals surface area contributed by atoms with Gasteiger partial charge in [0.1, 0.15) is 17.7 Å². The summed E-state index contributed by atoms with van der Waals surface area (Å²) in [5, 5.41) is 17.3. The van der Waals surface area contributed by atoms with Crippen LogP contribution in [0.15, 0.2) is 29.8 Å². The van der Waals surface area contributed by atoms with Crippen LogP contribution in [0.5, 0.6) is 0 Å². The molecule has 0 spiro atoms. The highest BCUT2D eigenvalue weighted by Gasteiger charge is 2.20. The molecule has 0 N–H and O–H groups in total. The first kappa shape index (κ1) is 12.4. The molecule has 18 heavy (non-hydrogen) atoms. The highest BCUT2D eigenvalue weighted by molar-refractivity contribution is 5.61. The van der Waals surface area contributed by atoms with Crippen molar-refractivity contribution in [1.29, 1.82) is 10.5 Å². The van der Waals surface area contributed by atoms with Crippen LogP contribution in [0.3, 0.4) is 0 Å². The Morgan fingerprint density at radius 3 is 2.44 bits per heavy atom. The lowest BCUT2D eigenvalue weighted by atomic mass is 10.1. The number of nitriles is 2. The van der Waals surface area contributed by atoms with Gasteiger partial charge >= 0.3 is 0 Å². The van der Waals surface area contributed by atoms with E-state index in [1.807, 2.05) is 36.4 Å². The molecule has 1 aromatic rings. The third-order valence-electron chi connectivity index (χ3n) is 2.85. The fourth-order valence-corrected chi connectivity index (χ4v) is 1.59. The van der Waals surface area contributed by atoms with Gasteiger partial charge in [-0.2, -0.15) is 10.5 Å². The highest BCUT2D eigenvalue weighted by atomic mass is 16.5. The third-order valence-corrected chi connectivity index (χ3v) is 2.85. The molecule has 1 fully saturated rings. The molecule has 2 rings (SSSR count). The molecule has 0 radical (unpaired) electrons. The number of nitrogens with zero attached hydrogens (tertiary/aromatic N) is 2. The van der Waals surface area contributed by atoms with Crippen molar-refractivity contribution in [2.24, 2.45) is 5.92 Å². The normalized spacial score (nSPS) is 13.4. The van der Waals surface area contributed by atoms with Gasteiger partial charge in [-0.15, -0.1) is 0 Å². The van der Waals surface area contributed by atoms with Gasteiger partial charge in [-0.25, -0.2) is 0 Å². The van der Waals surface area contributed by atoms with Gasteiger partial charge in [-0.05, 0) is 36.0 Å². The van der Waals surface area contributed by atoms with Gasteiger partial charge in [0.05, 0.1) is 6.61 Å². The average Bonchev–Trinajstić information content (AvgIpc) is 3.22. The lowest BCUT2D eigenvalue weighted by molar-refractivity contribution is 0.111. The van der Waals surface area contributed by atoms with E-state index in [0.29, 0.717) is 6.61 Å². The predicted molar refractivity (Wildman–Crippen MR) is 68.0 cm³/mol. The smallest absolute Gasteiger partial charge is 0.130 e. The molecular weight excluding hydrogens is 224 g/mol. The Labute approximate surface area is 107 Å². The van der Waals surface area contributed by atoms with Crippen LogP contribution in [-0.2, 0) is 11.3 Å². The van der Waals surface area contributed by atoms with Gasteiger partial charge in [0.15, 0.2) is 0 Å². The van der Waals surface area contributed by atoms with Crippen molar-refractivity contribution >= 4 is 6.08 Å². The molecular formula is C15H14N2O. The molecule has 0 atom stereocenters. The lowest BCUT2D eigenvalue weighted by Crippen LogP contribution is -1.96. The number of benzene rings is 1. The van der Waals surface area contributed by atoms with Crippen LogP contribution in [0.4, 0.5) is 0 Å². The minimum Gasteiger partial charge on any atom is -0.376 e. The van der Waals surface area contributed by atoms with E-state index >= 15 is 0 Å². The Balaban J connectivity index is 1.90. The highest BCUT2D eigenvalue weighted by Crippen LogP contribution is 2.29. The topological polar surface area (TPSA) is 56.8 Å². The van der Waals surface area contributed by atoms with Crippen LogP contribution in [0, 0.1) is 28.6 Å². The fraction of sp³-hybridized carbons (Fsp3) is 0.333. The van der Waals surface area contributed by atoms with E-state index in [4.69, 9.17) is 15.3 Å². The molecule has 0 bridgehead atoms. The van der Waals surface area contributed by atoms with Crippen LogP contribution in [0.25, 0.3) is 6.08 Å². The maximum atomic E-state index is 8.66. The quantitative estimate of drug-likeness (QED) is 0.741. The number of rotatable bonds is 5. The van der Waals surface area contributed by atoms with Crippen molar-refractivity contribution in [1.82, 2.24) is 0 Å². The minimum absolute atomic E-state index is 0.118. The van der Waals surface area contributed by atoms with E-state index < -0.39 is 0 Å². The van der Waals surface area contributed by atoms with Gasteiger partial charge in [0, 0.05) is 6.61 Å². The number of allylic oxidation sites excluding steroid dienone is 1. The van der Waals surface area contributed by atoms with E-state index in [1.54, 1.807) is 6.08 Å². The second kappa shape index (κ2) is 6.00. The van der Waals surface area contributed by atoms with Crippen LogP contribution in [0.2, 0.25) is 0 Å². The van der Waals surface area contributed by atoms with Crippen molar-refractivity contribution in [2.75, 3.05) is 6.61 Å². The number of ether oxygens (including phenoxy) is 1. The maximum absolute atomic E-state index is 8.66. The largest absolute Gasteiger partial charge is 0.376 e. The maximum Gasteiger partial charge on any atom is 0.130 e. The Bertz CT molecular complexity index is 497. The van der Waals surface area contributed by atoms with Crippen LogP contribution in [-0.4, -0.2) is 6.61 Å². The Morgan fingerprint density at radius 2 is 1.89 bits per heavy atom. The standard InChI is InChI=1S/C15H14N2O/c16-8-15(9-17)7-12-1-3-13(4-2-12)10-18-11-14-5-6-14/h1-4,7,14H,5-6,10-11H2. The Kier molecular flexibility index (Phi) is 4.12. The molecule has 0 heterocycles. The van der Waals surface area contributed by atoms with Crippen molar-refractivity contribution in [3.8, 4) is 12.1 Å². The summed E-state index contributed by atoms with van der Waals surface area (Å²) in [6.45, 7) is 1.48. The van der Waals surface area contributed by atoms with Crippen LogP contribution < -0.4 is 0 Å². The molecule has 0 saturated heterocycles. The van der Waals surface area contributed by atoms with E-state index in [9.17, 15) is 0 Å². The number of hydrogen-bond donors (Lipinski definition) is 0. The van der Waals surface area contributed by atoms with Crippen molar-refractivity contribution in [2.45, 2.75) is 19.4 Å². The van der Waals surface area contributed by atoms with Gasteiger partial charge in [-0.1, -0.05) is 24.3 Å². The molecule has 0 aliphatic heterocycles. The van der Waals surface area contributed by atoms with Crippen molar-refractivity contribution in [3.05, 3.63) is 41.0 Å². The first-order valence-corrected chi connectivity index (χ1v) is 6.00. The lowest BCUT2D eigenvalue weighted by Gasteiger charge is -2.03. The molecule has 1 aromatic carbocycles. The molecule has 0 aromatic heterocycles. The summed E-state index contributed by atoms with van der Waals surface area (Å²) >= 11 is 0. The first-order chi connectivity index (χ1) is 8.81. The SMILES string of the molecule is N#CC(C#N)=Cc1ccc(COCC2CC2)cc1. The molecule has 90 valence electrons. The first-order valence-electron chi connectivity index (χ1n) is 6.00. The van der Waals surface area contributed by atoms with E-state index in [1.165, 1.54) is 12.8 Å². The van der Waals surface area contributed by atoms with E-state index in [-0.39, 0.29) is 5.57 Å². The van der Waals surface area contributed by atoms with Gasteiger partial charge in [0.25, 0.3) is 0 Å². The molecule has 3 nitrogen and oxygen atoms in total. The predicted octanol–water partition coefficient (Wildman–Crippen LogP) is 3.04. The van der Waals surface area contributed by atoms with Crippen molar-refractivity contribution < 1.29 is 4.74 Å². The molecule has 3 heteroatoms. The molecule has 1 saturated carbocycles. The van der Waals surface area contributed by atoms with E-state index in [0.717, 1.165) is 23.7 Å². The molecule has 1 aliphatic carbocycles. The summed E-state index contributed by atoms with van der Waals surface area (Å²) < 4.78 is 5.59. The summed E-state index contributed by atoms with van der Waals surface area (Å²) in [4.78, 5) is 0. The van der Waals surface area contributed by atoms with Crippen LogP contribution >= 0.6 is 0 Å². The second-order valence-corrected chi connectivity index (χ2v) is 4.48. The zero-order valence-electron chi connectivity index (χ0n) is 10.1. The van der Waals surface area contributed by atoms with Gasteiger partial charge < -0.3 is 4.74 Å². The number of hydrogen-bond acceptors (Lipinski definition) is 3. The summed E-state index contributed by atoms with van der Waals surface area (Å²) in [5.74, 6) is 0.779. The van der Waals surface area contributed by atoms with Gasteiger partial charge in [0.2, 0.25) is 0 Å². The monoisotopic (exact) mass is 238 g/mol. The van der Waals surface area contributed by atoms with Crippen molar-refractivity contribution in [3.63, 3.8) is 0 Å². The zero-order chi connectivity index (χ0) is 12.8. The van der Waals surface area contributed by atoms with Crippen LogP contribution in [0.1, 0.15) is 24.0 Å². The van der Waals surface area contributed by atoms with Gasteiger partial charge in [-0.3, -0.25) is 0 Å². The summed E-state index contributed by atoms with van der Waals surface area (Å²) in [6, 6.07) is 11.4. The Hall–Kier alpha value is -2.10. The average molecular weight is 238 g/mol. The molecule has 0 amide bonds. The Morgan fingerprint density at radius 1 is 1.22 bits per heavy atom. The second-order valence-electron chi connectivity index (χ2n) is 4.48. The molecule has 0 unspecified atom stereocenters. The van der Waals surface area contributed by atoms with E-state index in [2.05, 4.69) is 0 Å². The molecule has 1 aliphatic rings. The minimum atomic E-state index is 0.118. The zero-order valence-corrected chi connectivity index (χ0v) is 10.1. The third kappa shape index (κ3) is 3.73.